The molecule has 2 aliphatic heterocycles. The Morgan fingerprint density at radius 2 is 1.61 bits per heavy atom. The molecule has 0 spiro atoms. The molecule has 2 aromatic rings. The molecule has 170 valence electrons. The van der Waals surface area contributed by atoms with Gasteiger partial charge >= 0.3 is 5.97 Å². The van der Waals surface area contributed by atoms with Gasteiger partial charge in [0.25, 0.3) is 11.8 Å². The number of hydrogen-bond donors (Lipinski definition) is 2. The second-order valence-corrected chi connectivity index (χ2v) is 7.15. The summed E-state index contributed by atoms with van der Waals surface area (Å²) in [4.78, 5) is 60.8. The van der Waals surface area contributed by atoms with Gasteiger partial charge in [0.15, 0.2) is 18.1 Å². The zero-order valence-electron chi connectivity index (χ0n) is 17.2. The van der Waals surface area contributed by atoms with E-state index in [4.69, 9.17) is 14.2 Å². The lowest BCUT2D eigenvalue weighted by atomic mass is 10.2. The Hall–Kier alpha value is -4.41. The first-order valence-electron chi connectivity index (χ1n) is 10.0. The molecule has 4 rings (SSSR count). The Kier molecular flexibility index (Phi) is 6.20. The largest absolute Gasteiger partial charge is 0.485 e. The summed E-state index contributed by atoms with van der Waals surface area (Å²) >= 11 is 0. The fourth-order valence-corrected chi connectivity index (χ4v) is 3.22. The van der Waals surface area contributed by atoms with Crippen LogP contribution in [0.5, 0.6) is 11.5 Å². The molecule has 2 heterocycles. The second kappa shape index (κ2) is 9.39. The first-order valence-corrected chi connectivity index (χ1v) is 10.0. The van der Waals surface area contributed by atoms with Crippen molar-refractivity contribution in [1.82, 2.24) is 10.9 Å². The molecule has 11 nitrogen and oxygen atoms in total. The average molecular weight is 453 g/mol. The van der Waals surface area contributed by atoms with Crippen LogP contribution in [0.1, 0.15) is 23.2 Å². The Bertz CT molecular complexity index is 1100. The quantitative estimate of drug-likeness (QED) is 0.379. The highest BCUT2D eigenvalue weighted by atomic mass is 16.6. The number of imide groups is 1. The molecule has 1 atom stereocenters. The Morgan fingerprint density at radius 3 is 2.30 bits per heavy atom. The van der Waals surface area contributed by atoms with Crippen molar-refractivity contribution in [2.75, 3.05) is 18.1 Å². The zero-order valence-corrected chi connectivity index (χ0v) is 17.2. The van der Waals surface area contributed by atoms with Gasteiger partial charge in [-0.15, -0.1) is 0 Å². The van der Waals surface area contributed by atoms with E-state index in [1.165, 1.54) is 24.3 Å². The van der Waals surface area contributed by atoms with Gasteiger partial charge in [0.2, 0.25) is 17.9 Å². The Labute approximate surface area is 187 Å². The minimum Gasteiger partial charge on any atom is -0.485 e. The van der Waals surface area contributed by atoms with E-state index in [2.05, 4.69) is 10.9 Å². The molecule has 0 aromatic heterocycles. The van der Waals surface area contributed by atoms with Crippen LogP contribution in [0.4, 0.5) is 5.69 Å². The van der Waals surface area contributed by atoms with Crippen LogP contribution in [0.15, 0.2) is 48.5 Å². The number of hydrogen-bond acceptors (Lipinski definition) is 8. The van der Waals surface area contributed by atoms with Gasteiger partial charge in [-0.25, -0.2) is 4.79 Å². The van der Waals surface area contributed by atoms with Crippen LogP contribution in [-0.2, 0) is 23.9 Å². The fraction of sp³-hybridized carbons (Fsp3) is 0.227. The van der Waals surface area contributed by atoms with Crippen LogP contribution in [0.25, 0.3) is 0 Å². The van der Waals surface area contributed by atoms with Gasteiger partial charge in [-0.05, 0) is 36.4 Å². The number of carbonyl (C=O) groups excluding carboxylic acids is 5. The molecule has 33 heavy (non-hydrogen) atoms. The predicted octanol–water partition coefficient (Wildman–Crippen LogP) is 0.484. The summed E-state index contributed by atoms with van der Waals surface area (Å²) in [6.07, 6.45) is -0.654. The highest BCUT2D eigenvalue weighted by Gasteiger charge is 2.30. The summed E-state index contributed by atoms with van der Waals surface area (Å²) in [5.74, 6) is -1.86. The van der Waals surface area contributed by atoms with E-state index in [0.717, 1.165) is 4.90 Å². The Balaban J connectivity index is 1.22. The van der Waals surface area contributed by atoms with Gasteiger partial charge in [-0.3, -0.25) is 34.9 Å². The number of nitrogens with zero attached hydrogens (tertiary/aromatic N) is 1. The third kappa shape index (κ3) is 4.92. The van der Waals surface area contributed by atoms with Crippen molar-refractivity contribution in [2.45, 2.75) is 18.9 Å². The lowest BCUT2D eigenvalue weighted by molar-refractivity contribution is -0.135. The molecular weight excluding hydrogens is 434 g/mol. The molecule has 2 aliphatic rings. The first kappa shape index (κ1) is 21.8. The highest BCUT2D eigenvalue weighted by molar-refractivity contribution is 6.19. The summed E-state index contributed by atoms with van der Waals surface area (Å²) in [6, 6.07) is 12.5. The average Bonchev–Trinajstić information content (AvgIpc) is 3.18. The number of nitrogens with one attached hydrogen (secondary N) is 2. The highest BCUT2D eigenvalue weighted by Crippen LogP contribution is 2.30. The molecule has 4 amide bonds. The maximum atomic E-state index is 12.2. The van der Waals surface area contributed by atoms with E-state index in [9.17, 15) is 24.0 Å². The number of benzene rings is 2. The van der Waals surface area contributed by atoms with E-state index >= 15 is 0 Å². The molecule has 2 N–H and O–H groups in total. The van der Waals surface area contributed by atoms with Crippen LogP contribution in [0, 0.1) is 0 Å². The minimum atomic E-state index is -0.962. The van der Waals surface area contributed by atoms with Crippen molar-refractivity contribution < 1.29 is 38.2 Å². The number of esters is 1. The first-order chi connectivity index (χ1) is 15.9. The molecule has 0 radical (unpaired) electrons. The molecular formula is C22H19N3O8. The van der Waals surface area contributed by atoms with Crippen LogP contribution >= 0.6 is 0 Å². The summed E-state index contributed by atoms with van der Waals surface area (Å²) in [5, 5.41) is 0. The van der Waals surface area contributed by atoms with E-state index in [0.29, 0.717) is 17.2 Å². The van der Waals surface area contributed by atoms with E-state index in [-0.39, 0.29) is 36.8 Å². The molecule has 11 heteroatoms. The van der Waals surface area contributed by atoms with Crippen molar-refractivity contribution in [3.05, 3.63) is 54.1 Å². The van der Waals surface area contributed by atoms with E-state index in [1.807, 2.05) is 0 Å². The van der Waals surface area contributed by atoms with Gasteiger partial charge < -0.3 is 14.2 Å². The summed E-state index contributed by atoms with van der Waals surface area (Å²) in [7, 11) is 0. The van der Waals surface area contributed by atoms with Crippen molar-refractivity contribution in [3.8, 4) is 11.5 Å². The molecule has 0 aliphatic carbocycles. The number of para-hydroxylation sites is 2. The summed E-state index contributed by atoms with van der Waals surface area (Å²) in [5.41, 5.74) is 4.81. The second-order valence-electron chi connectivity index (χ2n) is 7.15. The summed E-state index contributed by atoms with van der Waals surface area (Å²) < 4.78 is 15.9. The monoisotopic (exact) mass is 453 g/mol. The van der Waals surface area contributed by atoms with E-state index < -0.39 is 30.5 Å². The molecule has 1 fully saturated rings. The minimum absolute atomic E-state index is 0.0294. The van der Waals surface area contributed by atoms with Gasteiger partial charge in [0.1, 0.15) is 6.61 Å². The van der Waals surface area contributed by atoms with Crippen molar-refractivity contribution >= 4 is 35.3 Å². The van der Waals surface area contributed by atoms with Gasteiger partial charge in [-0.2, -0.15) is 0 Å². The van der Waals surface area contributed by atoms with Crippen molar-refractivity contribution in [1.29, 1.82) is 0 Å². The zero-order chi connectivity index (χ0) is 23.4. The fourth-order valence-electron chi connectivity index (χ4n) is 3.22. The smallest absolute Gasteiger partial charge is 0.338 e. The molecule has 2 aromatic carbocycles. The number of fused-ring (bicyclic) bond motifs is 1. The Morgan fingerprint density at radius 1 is 0.939 bits per heavy atom. The number of anilines is 1. The third-order valence-corrected chi connectivity index (χ3v) is 4.87. The van der Waals surface area contributed by atoms with Crippen LogP contribution in [-0.4, -0.2) is 48.9 Å². The van der Waals surface area contributed by atoms with Crippen molar-refractivity contribution in [3.63, 3.8) is 0 Å². The van der Waals surface area contributed by atoms with Gasteiger partial charge in [0.05, 0.1) is 11.3 Å². The lowest BCUT2D eigenvalue weighted by Crippen LogP contribution is -2.51. The number of rotatable bonds is 5. The van der Waals surface area contributed by atoms with E-state index in [1.54, 1.807) is 24.3 Å². The lowest BCUT2D eigenvalue weighted by Gasteiger charge is -2.25. The van der Waals surface area contributed by atoms with Crippen LogP contribution < -0.4 is 25.2 Å². The maximum Gasteiger partial charge on any atom is 0.338 e. The number of amides is 4. The maximum absolute atomic E-state index is 12.2. The topological polar surface area (TPSA) is 140 Å². The van der Waals surface area contributed by atoms with Crippen LogP contribution in [0.3, 0.4) is 0 Å². The number of hydrazine groups is 1. The van der Waals surface area contributed by atoms with Gasteiger partial charge in [0, 0.05) is 12.8 Å². The molecule has 0 saturated carbocycles. The SMILES string of the molecule is O=C(COC(=O)c1ccc(N2C(=O)CCC2=O)cc1)NNC(=O)C1COc2ccccc2O1. The van der Waals surface area contributed by atoms with Crippen LogP contribution in [0.2, 0.25) is 0 Å². The third-order valence-electron chi connectivity index (χ3n) is 4.87. The van der Waals surface area contributed by atoms with Gasteiger partial charge in [-0.1, -0.05) is 12.1 Å². The predicted molar refractivity (Wildman–Crippen MR) is 111 cm³/mol. The number of carbonyl (C=O) groups is 5. The molecule has 0 bridgehead atoms. The van der Waals surface area contributed by atoms with Crippen molar-refractivity contribution in [2.24, 2.45) is 0 Å². The standard InChI is InChI=1S/C22H19N3O8/c26-18(23-24-21(29)17-11-31-15-3-1-2-4-16(15)33-17)12-32-22(30)13-5-7-14(8-6-13)25-19(27)9-10-20(25)28/h1-8,17H,9-12H2,(H,23,26)(H,24,29). The number of ether oxygens (including phenoxy) is 3. The molecule has 1 unspecified atom stereocenters. The normalized spacial score (nSPS) is 16.8. The molecule has 1 saturated heterocycles. The summed E-state index contributed by atoms with van der Waals surface area (Å²) in [6.45, 7) is -0.673.